The minimum atomic E-state index is -0.210. The summed E-state index contributed by atoms with van der Waals surface area (Å²) >= 11 is 0. The number of anilines is 1. The molecule has 9 heteroatoms. The number of hydrogen-bond donors (Lipinski definition) is 1. The Kier molecular flexibility index (Phi) is 10.1. The van der Waals surface area contributed by atoms with E-state index >= 15 is 0 Å². The number of nitrogens with one attached hydrogen (secondary N) is 1. The Morgan fingerprint density at radius 3 is 1.74 bits per heavy atom. The SMILES string of the molecule is COc1ccc(C(=O)C=CNc2cc(OC)c(OC)cc2C=Cc2cc(OC)c(OC)c(OC)c2)cc1OC. The highest BCUT2D eigenvalue weighted by Crippen LogP contribution is 2.39. The molecule has 0 saturated heterocycles. The van der Waals surface area contributed by atoms with Crippen molar-refractivity contribution < 1.29 is 38.0 Å². The van der Waals surface area contributed by atoms with Crippen LogP contribution < -0.4 is 38.5 Å². The molecule has 0 aromatic heterocycles. The first-order chi connectivity index (χ1) is 18.9. The molecule has 206 valence electrons. The van der Waals surface area contributed by atoms with Crippen LogP contribution in [0.25, 0.3) is 12.2 Å². The molecule has 0 aliphatic carbocycles. The molecule has 0 bridgehead atoms. The molecule has 1 N–H and O–H groups in total. The molecule has 0 aliphatic rings. The number of ether oxygens (including phenoxy) is 7. The summed E-state index contributed by atoms with van der Waals surface area (Å²) in [5.41, 5.74) is 2.75. The van der Waals surface area contributed by atoms with Crippen molar-refractivity contribution >= 4 is 23.6 Å². The molecule has 0 aliphatic heterocycles. The molecule has 3 rings (SSSR count). The van der Waals surface area contributed by atoms with E-state index in [1.165, 1.54) is 13.2 Å². The van der Waals surface area contributed by atoms with Gasteiger partial charge >= 0.3 is 0 Å². The van der Waals surface area contributed by atoms with Gasteiger partial charge in [0.2, 0.25) is 5.75 Å². The van der Waals surface area contributed by atoms with Gasteiger partial charge in [-0.3, -0.25) is 4.79 Å². The highest BCUT2D eigenvalue weighted by atomic mass is 16.5. The van der Waals surface area contributed by atoms with E-state index in [-0.39, 0.29) is 5.78 Å². The summed E-state index contributed by atoms with van der Waals surface area (Å²) in [4.78, 5) is 12.8. The standard InChI is InChI=1S/C30H33NO8/c1-33-24-11-10-21(17-25(24)34-2)23(32)12-13-31-22-18-27(36-4)26(35-3)16-20(22)9-8-19-14-28(37-5)30(39-7)29(15-19)38-6/h8-18,31H,1-7H3. The third-order valence-corrected chi connectivity index (χ3v) is 5.84. The minimum absolute atomic E-state index is 0.210. The van der Waals surface area contributed by atoms with E-state index in [4.69, 9.17) is 33.2 Å². The first-order valence-electron chi connectivity index (χ1n) is 11.9. The lowest BCUT2D eigenvalue weighted by Crippen LogP contribution is -2.00. The lowest BCUT2D eigenvalue weighted by molar-refractivity contribution is 0.104. The van der Waals surface area contributed by atoms with E-state index in [2.05, 4.69) is 5.32 Å². The fourth-order valence-electron chi connectivity index (χ4n) is 3.83. The Labute approximate surface area is 228 Å². The first kappa shape index (κ1) is 28.8. The predicted octanol–water partition coefficient (Wildman–Crippen LogP) is 5.73. The lowest BCUT2D eigenvalue weighted by Gasteiger charge is -2.14. The van der Waals surface area contributed by atoms with Crippen LogP contribution in [0, 0.1) is 0 Å². The zero-order valence-electron chi connectivity index (χ0n) is 23.1. The highest BCUT2D eigenvalue weighted by Gasteiger charge is 2.13. The molecule has 0 atom stereocenters. The predicted molar refractivity (Wildman–Crippen MR) is 151 cm³/mol. The molecule has 3 aromatic rings. The first-order valence-corrected chi connectivity index (χ1v) is 11.9. The van der Waals surface area contributed by atoms with Gasteiger partial charge in [-0.05, 0) is 42.0 Å². The summed E-state index contributed by atoms with van der Waals surface area (Å²) in [6.45, 7) is 0. The fraction of sp³-hybridized carbons (Fsp3) is 0.233. The molecule has 0 unspecified atom stereocenters. The van der Waals surface area contributed by atoms with Gasteiger partial charge in [0.05, 0.1) is 49.8 Å². The quantitative estimate of drug-likeness (QED) is 0.167. The Morgan fingerprint density at radius 2 is 1.18 bits per heavy atom. The number of ketones is 1. The molecule has 0 radical (unpaired) electrons. The van der Waals surface area contributed by atoms with Gasteiger partial charge in [-0.2, -0.15) is 0 Å². The van der Waals surface area contributed by atoms with Gasteiger partial charge in [-0.1, -0.05) is 12.2 Å². The van der Waals surface area contributed by atoms with Crippen molar-refractivity contribution in [3.05, 3.63) is 71.4 Å². The van der Waals surface area contributed by atoms with Crippen LogP contribution in [0.4, 0.5) is 5.69 Å². The Morgan fingerprint density at radius 1 is 0.615 bits per heavy atom. The van der Waals surface area contributed by atoms with E-state index < -0.39 is 0 Å². The van der Waals surface area contributed by atoms with Crippen molar-refractivity contribution in [3.63, 3.8) is 0 Å². The largest absolute Gasteiger partial charge is 0.493 e. The van der Waals surface area contributed by atoms with Crippen molar-refractivity contribution in [2.24, 2.45) is 0 Å². The van der Waals surface area contributed by atoms with Crippen molar-refractivity contribution in [1.82, 2.24) is 0 Å². The topological polar surface area (TPSA) is 93.7 Å². The van der Waals surface area contributed by atoms with E-state index in [1.54, 1.807) is 73.1 Å². The fourth-order valence-corrected chi connectivity index (χ4v) is 3.83. The van der Waals surface area contributed by atoms with E-state index in [0.717, 1.165) is 11.1 Å². The summed E-state index contributed by atoms with van der Waals surface area (Å²) in [5.74, 6) is 3.49. The van der Waals surface area contributed by atoms with Crippen LogP contribution >= 0.6 is 0 Å². The molecule has 0 fully saturated rings. The smallest absolute Gasteiger partial charge is 0.203 e. The highest BCUT2D eigenvalue weighted by molar-refractivity contribution is 6.05. The maximum atomic E-state index is 12.8. The number of benzene rings is 3. The van der Waals surface area contributed by atoms with Crippen LogP contribution in [0.1, 0.15) is 21.5 Å². The lowest BCUT2D eigenvalue weighted by atomic mass is 10.1. The van der Waals surface area contributed by atoms with Gasteiger partial charge < -0.3 is 38.5 Å². The third-order valence-electron chi connectivity index (χ3n) is 5.84. The number of rotatable bonds is 13. The number of carbonyl (C=O) groups is 1. The molecular weight excluding hydrogens is 502 g/mol. The summed E-state index contributed by atoms with van der Waals surface area (Å²) in [6, 6.07) is 12.3. The van der Waals surface area contributed by atoms with E-state index in [9.17, 15) is 4.79 Å². The maximum absolute atomic E-state index is 12.8. The average Bonchev–Trinajstić information content (AvgIpc) is 2.98. The summed E-state index contributed by atoms with van der Waals surface area (Å²) < 4.78 is 37.8. The van der Waals surface area contributed by atoms with Crippen LogP contribution in [-0.2, 0) is 0 Å². The Hall–Kier alpha value is -4.79. The normalized spacial score (nSPS) is 10.8. The van der Waals surface area contributed by atoms with Gasteiger partial charge in [0.25, 0.3) is 0 Å². The summed E-state index contributed by atoms with van der Waals surface area (Å²) in [5, 5.41) is 3.18. The molecule has 0 heterocycles. The summed E-state index contributed by atoms with van der Waals surface area (Å²) in [7, 11) is 10.9. The van der Waals surface area contributed by atoms with Crippen LogP contribution in [0.3, 0.4) is 0 Å². The monoisotopic (exact) mass is 535 g/mol. The molecule has 0 spiro atoms. The van der Waals surface area contributed by atoms with Gasteiger partial charge in [-0.25, -0.2) is 0 Å². The van der Waals surface area contributed by atoms with E-state index in [0.29, 0.717) is 51.5 Å². The van der Waals surface area contributed by atoms with Crippen LogP contribution in [0.15, 0.2) is 54.7 Å². The van der Waals surface area contributed by atoms with Crippen molar-refractivity contribution in [2.45, 2.75) is 0 Å². The van der Waals surface area contributed by atoms with Gasteiger partial charge in [-0.15, -0.1) is 0 Å². The molecule has 9 nitrogen and oxygen atoms in total. The number of methoxy groups -OCH3 is 7. The summed E-state index contributed by atoms with van der Waals surface area (Å²) in [6.07, 6.45) is 6.80. The molecule has 0 amide bonds. The van der Waals surface area contributed by atoms with Crippen molar-refractivity contribution in [3.8, 4) is 40.2 Å². The zero-order chi connectivity index (χ0) is 28.4. The Balaban J connectivity index is 1.93. The minimum Gasteiger partial charge on any atom is -0.493 e. The number of carbonyl (C=O) groups excluding carboxylic acids is 1. The van der Waals surface area contributed by atoms with Gasteiger partial charge in [0, 0.05) is 35.2 Å². The van der Waals surface area contributed by atoms with Crippen LogP contribution in [-0.4, -0.2) is 55.6 Å². The van der Waals surface area contributed by atoms with Crippen molar-refractivity contribution in [1.29, 1.82) is 0 Å². The van der Waals surface area contributed by atoms with E-state index in [1.807, 2.05) is 30.4 Å². The second kappa shape index (κ2) is 13.7. The van der Waals surface area contributed by atoms with Gasteiger partial charge in [0.15, 0.2) is 40.3 Å². The second-order valence-electron chi connectivity index (χ2n) is 8.00. The Bertz CT molecular complexity index is 1340. The van der Waals surface area contributed by atoms with Crippen LogP contribution in [0.2, 0.25) is 0 Å². The molecule has 0 saturated carbocycles. The van der Waals surface area contributed by atoms with Gasteiger partial charge in [0.1, 0.15) is 0 Å². The molecule has 3 aromatic carbocycles. The average molecular weight is 536 g/mol. The molecule has 39 heavy (non-hydrogen) atoms. The maximum Gasteiger partial charge on any atom is 0.203 e. The number of hydrogen-bond acceptors (Lipinski definition) is 9. The number of allylic oxidation sites excluding steroid dienone is 1. The third kappa shape index (κ3) is 6.75. The second-order valence-corrected chi connectivity index (χ2v) is 8.00. The molecular formula is C30H33NO8. The van der Waals surface area contributed by atoms with Crippen LogP contribution in [0.5, 0.6) is 40.2 Å². The zero-order valence-corrected chi connectivity index (χ0v) is 23.1. The van der Waals surface area contributed by atoms with Crippen molar-refractivity contribution in [2.75, 3.05) is 55.1 Å².